The molecule has 0 aliphatic carbocycles. The summed E-state index contributed by atoms with van der Waals surface area (Å²) in [6.45, 7) is 8.90. The number of likely N-dealkylation sites (tertiary alicyclic amines) is 1. The molecule has 0 amide bonds. The normalized spacial score (nSPS) is 20.8. The summed E-state index contributed by atoms with van der Waals surface area (Å²) in [4.78, 5) is 18.8. The molecule has 0 spiro atoms. The zero-order chi connectivity index (χ0) is 18.4. The standard InChI is InChI=1S/C17H30N6O2/c1-6-7-8-18-17(19-9-15-21-20-13(3)22(15)4)23-10-12(2)14(11-23)16(24)25-5/h12,14H,6-11H2,1-5H3,(H,18,19). The molecule has 1 aromatic rings. The Hall–Kier alpha value is -2.12. The van der Waals surface area contributed by atoms with Crippen molar-refractivity contribution in [3.8, 4) is 0 Å². The minimum Gasteiger partial charge on any atom is -0.469 e. The topological polar surface area (TPSA) is 84.6 Å². The van der Waals surface area contributed by atoms with E-state index in [0.29, 0.717) is 13.1 Å². The van der Waals surface area contributed by atoms with Gasteiger partial charge in [0.25, 0.3) is 0 Å². The zero-order valence-electron chi connectivity index (χ0n) is 15.9. The van der Waals surface area contributed by atoms with E-state index in [1.165, 1.54) is 7.11 Å². The highest BCUT2D eigenvalue weighted by atomic mass is 16.5. The third-order valence-corrected chi connectivity index (χ3v) is 4.78. The van der Waals surface area contributed by atoms with Gasteiger partial charge in [-0.25, -0.2) is 4.99 Å². The number of hydrogen-bond donors (Lipinski definition) is 1. The molecule has 1 aliphatic heterocycles. The van der Waals surface area contributed by atoms with Gasteiger partial charge in [-0.1, -0.05) is 20.3 Å². The van der Waals surface area contributed by atoms with Crippen LogP contribution in [0.1, 0.15) is 38.3 Å². The first-order valence-electron chi connectivity index (χ1n) is 8.93. The van der Waals surface area contributed by atoms with Crippen molar-refractivity contribution in [2.24, 2.45) is 23.9 Å². The molecule has 1 aromatic heterocycles. The highest BCUT2D eigenvalue weighted by Gasteiger charge is 2.36. The highest BCUT2D eigenvalue weighted by Crippen LogP contribution is 2.24. The Balaban J connectivity index is 2.11. The predicted octanol–water partition coefficient (Wildman–Crippen LogP) is 1.11. The first-order valence-corrected chi connectivity index (χ1v) is 8.93. The summed E-state index contributed by atoms with van der Waals surface area (Å²) in [5, 5.41) is 11.7. The molecule has 0 aromatic carbocycles. The highest BCUT2D eigenvalue weighted by molar-refractivity contribution is 5.82. The third-order valence-electron chi connectivity index (χ3n) is 4.78. The van der Waals surface area contributed by atoms with Crippen LogP contribution in [0.2, 0.25) is 0 Å². The summed E-state index contributed by atoms with van der Waals surface area (Å²) < 4.78 is 6.87. The molecule has 8 nitrogen and oxygen atoms in total. The van der Waals surface area contributed by atoms with Crippen molar-refractivity contribution < 1.29 is 9.53 Å². The lowest BCUT2D eigenvalue weighted by Gasteiger charge is -2.22. The van der Waals surface area contributed by atoms with Gasteiger partial charge in [-0.05, 0) is 19.3 Å². The van der Waals surface area contributed by atoms with Gasteiger partial charge in [0.2, 0.25) is 0 Å². The minimum atomic E-state index is -0.146. The monoisotopic (exact) mass is 350 g/mol. The second-order valence-electron chi connectivity index (χ2n) is 6.65. The van der Waals surface area contributed by atoms with E-state index in [0.717, 1.165) is 43.5 Å². The summed E-state index contributed by atoms with van der Waals surface area (Å²) in [7, 11) is 3.39. The van der Waals surface area contributed by atoms with Crippen molar-refractivity contribution in [2.45, 2.75) is 40.2 Å². The van der Waals surface area contributed by atoms with Crippen LogP contribution in [0.25, 0.3) is 0 Å². The first kappa shape index (κ1) is 19.2. The molecular weight excluding hydrogens is 320 g/mol. The average Bonchev–Trinajstić information content (AvgIpc) is 3.14. The summed E-state index contributed by atoms with van der Waals surface area (Å²) in [5.74, 6) is 2.50. The number of esters is 1. The number of guanidine groups is 1. The van der Waals surface area contributed by atoms with Gasteiger partial charge < -0.3 is 19.5 Å². The molecule has 140 valence electrons. The number of aromatic nitrogens is 3. The Bertz CT molecular complexity index is 612. The second-order valence-corrected chi connectivity index (χ2v) is 6.65. The third kappa shape index (κ3) is 4.70. The fourth-order valence-electron chi connectivity index (χ4n) is 2.98. The van der Waals surface area contributed by atoms with Gasteiger partial charge in [-0.15, -0.1) is 10.2 Å². The van der Waals surface area contributed by atoms with Crippen molar-refractivity contribution in [1.82, 2.24) is 25.0 Å². The number of carbonyl (C=O) groups excluding carboxylic acids is 1. The van der Waals surface area contributed by atoms with Gasteiger partial charge in [0.1, 0.15) is 12.4 Å². The number of ether oxygens (including phenoxy) is 1. The Kier molecular flexibility index (Phi) is 6.78. The molecule has 0 bridgehead atoms. The van der Waals surface area contributed by atoms with Crippen LogP contribution in [0.3, 0.4) is 0 Å². The summed E-state index contributed by atoms with van der Waals surface area (Å²) >= 11 is 0. The van der Waals surface area contributed by atoms with Gasteiger partial charge in [0.15, 0.2) is 11.8 Å². The van der Waals surface area contributed by atoms with E-state index in [4.69, 9.17) is 9.73 Å². The van der Waals surface area contributed by atoms with Crippen molar-refractivity contribution in [1.29, 1.82) is 0 Å². The molecule has 1 aliphatic rings. The fraction of sp³-hybridized carbons (Fsp3) is 0.765. The minimum absolute atomic E-state index is 0.111. The number of methoxy groups -OCH3 is 1. The van der Waals surface area contributed by atoms with E-state index in [9.17, 15) is 4.79 Å². The smallest absolute Gasteiger partial charge is 0.310 e. The van der Waals surface area contributed by atoms with Crippen LogP contribution >= 0.6 is 0 Å². The number of aryl methyl sites for hydroxylation is 1. The van der Waals surface area contributed by atoms with E-state index >= 15 is 0 Å². The first-order chi connectivity index (χ1) is 12.0. The zero-order valence-corrected chi connectivity index (χ0v) is 15.9. The lowest BCUT2D eigenvalue weighted by Crippen LogP contribution is -2.41. The summed E-state index contributed by atoms with van der Waals surface area (Å²) in [6.07, 6.45) is 2.19. The van der Waals surface area contributed by atoms with Gasteiger partial charge in [-0.2, -0.15) is 0 Å². The molecule has 2 unspecified atom stereocenters. The molecular formula is C17H30N6O2. The van der Waals surface area contributed by atoms with Crippen molar-refractivity contribution in [3.63, 3.8) is 0 Å². The van der Waals surface area contributed by atoms with Crippen LogP contribution in [0.15, 0.2) is 4.99 Å². The van der Waals surface area contributed by atoms with Gasteiger partial charge >= 0.3 is 5.97 Å². The molecule has 2 heterocycles. The number of rotatable bonds is 6. The van der Waals surface area contributed by atoms with Gasteiger partial charge in [0, 0.05) is 26.7 Å². The number of aliphatic imine (C=N–C) groups is 1. The maximum absolute atomic E-state index is 11.9. The maximum Gasteiger partial charge on any atom is 0.310 e. The van der Waals surface area contributed by atoms with Crippen LogP contribution in [0.5, 0.6) is 0 Å². The quantitative estimate of drug-likeness (QED) is 0.358. The van der Waals surface area contributed by atoms with E-state index in [-0.39, 0.29) is 17.8 Å². The lowest BCUT2D eigenvalue weighted by molar-refractivity contribution is -0.145. The summed E-state index contributed by atoms with van der Waals surface area (Å²) in [6, 6.07) is 0. The van der Waals surface area contributed by atoms with Crippen LogP contribution in [0.4, 0.5) is 0 Å². The lowest BCUT2D eigenvalue weighted by atomic mass is 9.99. The van der Waals surface area contributed by atoms with E-state index in [2.05, 4.69) is 34.3 Å². The molecule has 2 atom stereocenters. The molecule has 1 fully saturated rings. The molecule has 8 heteroatoms. The second kappa shape index (κ2) is 8.82. The van der Waals surface area contributed by atoms with Crippen LogP contribution < -0.4 is 5.32 Å². The molecule has 2 rings (SSSR count). The summed E-state index contributed by atoms with van der Waals surface area (Å²) in [5.41, 5.74) is 0. The average molecular weight is 350 g/mol. The number of hydrogen-bond acceptors (Lipinski definition) is 5. The van der Waals surface area contributed by atoms with Crippen LogP contribution in [0, 0.1) is 18.8 Å². The largest absolute Gasteiger partial charge is 0.469 e. The predicted molar refractivity (Wildman–Crippen MR) is 96.0 cm³/mol. The molecule has 1 saturated heterocycles. The van der Waals surface area contributed by atoms with E-state index in [1.54, 1.807) is 0 Å². The van der Waals surface area contributed by atoms with E-state index < -0.39 is 0 Å². The molecule has 25 heavy (non-hydrogen) atoms. The molecule has 0 radical (unpaired) electrons. The SMILES string of the molecule is CCCCNC(=NCc1nnc(C)n1C)N1CC(C)C(C(=O)OC)C1. The number of carbonyl (C=O) groups is 1. The molecule has 0 saturated carbocycles. The fourth-order valence-corrected chi connectivity index (χ4v) is 2.98. The Morgan fingerprint density at radius 2 is 2.16 bits per heavy atom. The van der Waals surface area contributed by atoms with Crippen LogP contribution in [-0.4, -0.2) is 58.3 Å². The maximum atomic E-state index is 11.9. The van der Waals surface area contributed by atoms with Crippen LogP contribution in [-0.2, 0) is 23.1 Å². The number of unbranched alkanes of at least 4 members (excludes halogenated alkanes) is 1. The van der Waals surface area contributed by atoms with Crippen molar-refractivity contribution >= 4 is 11.9 Å². The van der Waals surface area contributed by atoms with Crippen molar-refractivity contribution in [2.75, 3.05) is 26.7 Å². The van der Waals surface area contributed by atoms with Crippen molar-refractivity contribution in [3.05, 3.63) is 11.6 Å². The Labute approximate surface area is 149 Å². The number of nitrogens with zero attached hydrogens (tertiary/aromatic N) is 5. The number of nitrogens with one attached hydrogen (secondary N) is 1. The van der Waals surface area contributed by atoms with E-state index in [1.807, 2.05) is 18.5 Å². The van der Waals surface area contributed by atoms with Gasteiger partial charge in [0.05, 0.1) is 13.0 Å². The molecule has 1 N–H and O–H groups in total. The Morgan fingerprint density at radius 3 is 2.76 bits per heavy atom. The van der Waals surface area contributed by atoms with Gasteiger partial charge in [-0.3, -0.25) is 4.79 Å². The Morgan fingerprint density at radius 1 is 1.40 bits per heavy atom.